The summed E-state index contributed by atoms with van der Waals surface area (Å²) in [6, 6.07) is 6.72. The van der Waals surface area contributed by atoms with Crippen molar-refractivity contribution in [1.82, 2.24) is 24.5 Å². The fourth-order valence-corrected chi connectivity index (χ4v) is 4.22. The summed E-state index contributed by atoms with van der Waals surface area (Å²) in [6.45, 7) is 1.83. The topological polar surface area (TPSA) is 88.5 Å². The van der Waals surface area contributed by atoms with Gasteiger partial charge < -0.3 is 10.3 Å². The summed E-state index contributed by atoms with van der Waals surface area (Å²) >= 11 is 6.10. The molecule has 0 spiro atoms. The maximum atomic E-state index is 14.9. The number of aromatic nitrogens is 5. The fourth-order valence-electron chi connectivity index (χ4n) is 3.97. The average molecular weight is 485 g/mol. The number of anilines is 1. The van der Waals surface area contributed by atoms with Gasteiger partial charge in [0, 0.05) is 5.69 Å². The van der Waals surface area contributed by atoms with E-state index >= 15 is 0 Å². The van der Waals surface area contributed by atoms with Crippen molar-refractivity contribution in [3.8, 4) is 5.69 Å². The highest BCUT2D eigenvalue weighted by Crippen LogP contribution is 2.31. The molecule has 11 heteroatoms. The van der Waals surface area contributed by atoms with Gasteiger partial charge in [-0.05, 0) is 36.1 Å². The molecule has 0 bridgehead atoms. The Hall–Kier alpha value is -3.92. The summed E-state index contributed by atoms with van der Waals surface area (Å²) in [5.41, 5.74) is -0.253. The normalized spacial score (nSPS) is 12.4. The molecular weight excluding hydrogens is 469 g/mol. The molecule has 3 heterocycles. The van der Waals surface area contributed by atoms with Crippen LogP contribution in [0.4, 0.5) is 19.0 Å². The standard InChI is InChI=1S/C23H16ClF3N6O/c1-2-15(32-22-19-21(29-9-28-19)30-10-31-22)16-8-11-6-7-12(25)18(24)17(11)23(34)33(16)20-13(26)4-3-5-14(20)27/h3-10,15H,2H2,1H3,(H2,28,29,30,31,32)/t15-/m1/s1. The number of fused-ring (bicyclic) bond motifs is 2. The summed E-state index contributed by atoms with van der Waals surface area (Å²) in [5.74, 6) is -2.34. The minimum absolute atomic E-state index is 0.180. The average Bonchev–Trinajstić information content (AvgIpc) is 3.30. The number of rotatable bonds is 5. The zero-order valence-electron chi connectivity index (χ0n) is 17.6. The van der Waals surface area contributed by atoms with Gasteiger partial charge in [-0.15, -0.1) is 0 Å². The smallest absolute Gasteiger partial charge is 0.265 e. The van der Waals surface area contributed by atoms with Crippen molar-refractivity contribution in [2.24, 2.45) is 0 Å². The van der Waals surface area contributed by atoms with Crippen LogP contribution in [0.25, 0.3) is 27.6 Å². The summed E-state index contributed by atoms with van der Waals surface area (Å²) in [5, 5.41) is 2.93. The molecule has 0 amide bonds. The predicted molar refractivity (Wildman–Crippen MR) is 123 cm³/mol. The van der Waals surface area contributed by atoms with Gasteiger partial charge in [0.25, 0.3) is 5.56 Å². The second-order valence-corrected chi connectivity index (χ2v) is 7.91. The minimum atomic E-state index is -0.955. The van der Waals surface area contributed by atoms with Gasteiger partial charge in [-0.2, -0.15) is 0 Å². The molecule has 7 nitrogen and oxygen atoms in total. The van der Waals surface area contributed by atoms with E-state index in [9.17, 15) is 18.0 Å². The van der Waals surface area contributed by atoms with Crippen molar-refractivity contribution in [2.75, 3.05) is 5.32 Å². The molecule has 0 saturated heterocycles. The Labute approximate surface area is 195 Å². The summed E-state index contributed by atoms with van der Waals surface area (Å²) < 4.78 is 44.8. The van der Waals surface area contributed by atoms with Gasteiger partial charge in [0.2, 0.25) is 0 Å². The molecule has 0 unspecified atom stereocenters. The number of hydrogen-bond acceptors (Lipinski definition) is 5. The Morgan fingerprint density at radius 3 is 2.59 bits per heavy atom. The summed E-state index contributed by atoms with van der Waals surface area (Å²) in [7, 11) is 0. The van der Waals surface area contributed by atoms with Crippen molar-refractivity contribution in [2.45, 2.75) is 19.4 Å². The van der Waals surface area contributed by atoms with Crippen LogP contribution in [0.15, 0.2) is 53.8 Å². The number of hydrogen-bond donors (Lipinski definition) is 2. The van der Waals surface area contributed by atoms with Gasteiger partial charge in [0.1, 0.15) is 35.0 Å². The van der Waals surface area contributed by atoms with Crippen molar-refractivity contribution in [1.29, 1.82) is 0 Å². The summed E-state index contributed by atoms with van der Waals surface area (Å²) in [6.07, 6.45) is 3.18. The van der Waals surface area contributed by atoms with Crippen molar-refractivity contribution in [3.05, 3.63) is 87.6 Å². The van der Waals surface area contributed by atoms with Gasteiger partial charge in [0.15, 0.2) is 11.5 Å². The lowest BCUT2D eigenvalue weighted by molar-refractivity contribution is 0.558. The van der Waals surface area contributed by atoms with E-state index in [4.69, 9.17) is 11.6 Å². The van der Waals surface area contributed by atoms with E-state index in [-0.39, 0.29) is 11.1 Å². The number of pyridine rings is 1. The van der Waals surface area contributed by atoms with Crippen LogP contribution in [0, 0.1) is 17.5 Å². The molecule has 0 aliphatic heterocycles. The third-order valence-electron chi connectivity index (χ3n) is 5.57. The van der Waals surface area contributed by atoms with Gasteiger partial charge in [0.05, 0.1) is 22.8 Å². The monoisotopic (exact) mass is 484 g/mol. The van der Waals surface area contributed by atoms with E-state index in [2.05, 4.69) is 25.3 Å². The maximum Gasteiger partial charge on any atom is 0.265 e. The fraction of sp³-hybridized carbons (Fsp3) is 0.130. The zero-order chi connectivity index (χ0) is 24.0. The third-order valence-corrected chi connectivity index (χ3v) is 5.94. The molecule has 5 rings (SSSR count). The van der Waals surface area contributed by atoms with Crippen LogP contribution >= 0.6 is 11.6 Å². The van der Waals surface area contributed by atoms with Crippen LogP contribution in [-0.2, 0) is 0 Å². The predicted octanol–water partition coefficient (Wildman–Crippen LogP) is 5.29. The molecule has 2 N–H and O–H groups in total. The van der Waals surface area contributed by atoms with E-state index in [1.807, 2.05) is 6.92 Å². The quantitative estimate of drug-likeness (QED) is 0.354. The van der Waals surface area contributed by atoms with E-state index in [1.165, 1.54) is 24.8 Å². The first-order chi connectivity index (χ1) is 16.4. The van der Waals surface area contributed by atoms with E-state index in [0.29, 0.717) is 28.8 Å². The van der Waals surface area contributed by atoms with E-state index < -0.39 is 39.8 Å². The molecular formula is C23H16ClF3N6O. The largest absolute Gasteiger partial charge is 0.360 e. The zero-order valence-corrected chi connectivity index (χ0v) is 18.4. The molecule has 0 radical (unpaired) electrons. The lowest BCUT2D eigenvalue weighted by Gasteiger charge is -2.24. The molecule has 172 valence electrons. The van der Waals surface area contributed by atoms with Gasteiger partial charge in [-0.25, -0.2) is 28.1 Å². The molecule has 5 aromatic rings. The Bertz CT molecular complexity index is 1600. The van der Waals surface area contributed by atoms with Crippen molar-refractivity contribution in [3.63, 3.8) is 0 Å². The minimum Gasteiger partial charge on any atom is -0.360 e. The SMILES string of the molecule is CC[C@@H](Nc1ncnc2nc[nH]c12)c1cc2ccc(F)c(Cl)c2c(=O)n1-c1c(F)cccc1F. The Morgan fingerprint density at radius 2 is 1.85 bits per heavy atom. The molecule has 0 saturated carbocycles. The highest BCUT2D eigenvalue weighted by Gasteiger charge is 2.25. The maximum absolute atomic E-state index is 14.9. The second kappa shape index (κ2) is 8.45. The van der Waals surface area contributed by atoms with Crippen molar-refractivity contribution >= 4 is 39.4 Å². The first kappa shape index (κ1) is 21.9. The van der Waals surface area contributed by atoms with Crippen LogP contribution < -0.4 is 10.9 Å². The van der Waals surface area contributed by atoms with Gasteiger partial charge >= 0.3 is 0 Å². The Morgan fingerprint density at radius 1 is 1.09 bits per heavy atom. The Kier molecular flexibility index (Phi) is 5.45. The number of H-pyrrole nitrogens is 1. The molecule has 0 fully saturated rings. The lowest BCUT2D eigenvalue weighted by Crippen LogP contribution is -2.28. The number of para-hydroxylation sites is 1. The number of aromatic amines is 1. The van der Waals surface area contributed by atoms with Crippen LogP contribution in [0.2, 0.25) is 5.02 Å². The lowest BCUT2D eigenvalue weighted by atomic mass is 10.0. The molecule has 2 aromatic carbocycles. The number of nitrogens with zero attached hydrogens (tertiary/aromatic N) is 4. The molecule has 0 aliphatic rings. The highest BCUT2D eigenvalue weighted by atomic mass is 35.5. The van der Waals surface area contributed by atoms with Gasteiger partial charge in [-0.1, -0.05) is 30.7 Å². The highest BCUT2D eigenvalue weighted by molar-refractivity contribution is 6.35. The van der Waals surface area contributed by atoms with Crippen LogP contribution in [0.3, 0.4) is 0 Å². The first-order valence-corrected chi connectivity index (χ1v) is 10.7. The van der Waals surface area contributed by atoms with Gasteiger partial charge in [-0.3, -0.25) is 9.36 Å². The number of benzene rings is 2. The first-order valence-electron chi connectivity index (χ1n) is 10.3. The number of nitrogens with one attached hydrogen (secondary N) is 2. The Balaban J connectivity index is 1.81. The van der Waals surface area contributed by atoms with Crippen LogP contribution in [-0.4, -0.2) is 24.5 Å². The molecule has 34 heavy (non-hydrogen) atoms. The van der Waals surface area contributed by atoms with Crippen LogP contribution in [0.5, 0.6) is 0 Å². The third kappa shape index (κ3) is 3.47. The van der Waals surface area contributed by atoms with E-state index in [1.54, 1.807) is 6.07 Å². The molecule has 1 atom stereocenters. The van der Waals surface area contributed by atoms with Crippen LogP contribution in [0.1, 0.15) is 25.1 Å². The number of imidazole rings is 1. The van der Waals surface area contributed by atoms with E-state index in [0.717, 1.165) is 22.8 Å². The van der Waals surface area contributed by atoms with Crippen molar-refractivity contribution < 1.29 is 13.2 Å². The summed E-state index contributed by atoms with van der Waals surface area (Å²) in [4.78, 5) is 28.9. The molecule has 0 aliphatic carbocycles. The number of halogens is 4. The molecule has 3 aromatic heterocycles. The second-order valence-electron chi connectivity index (χ2n) is 7.53.